The summed E-state index contributed by atoms with van der Waals surface area (Å²) in [6.07, 6.45) is 0.537. The van der Waals surface area contributed by atoms with Crippen LogP contribution in [0.3, 0.4) is 0 Å². The molecule has 4 heteroatoms. The summed E-state index contributed by atoms with van der Waals surface area (Å²) in [5.41, 5.74) is 7.00. The lowest BCUT2D eigenvalue weighted by atomic mass is 10.1. The van der Waals surface area contributed by atoms with Gasteiger partial charge in [-0.05, 0) is 24.1 Å². The second-order valence-electron chi connectivity index (χ2n) is 3.77. The molecular weight excluding hydrogens is 212 g/mol. The zero-order valence-electron chi connectivity index (χ0n) is 8.99. The Morgan fingerprint density at radius 3 is 2.67 bits per heavy atom. The number of benzene rings is 1. The molecule has 0 atom stereocenters. The van der Waals surface area contributed by atoms with E-state index in [1.807, 2.05) is 26.0 Å². The second-order valence-corrected chi connectivity index (χ2v) is 3.77. The Kier molecular flexibility index (Phi) is 5.79. The van der Waals surface area contributed by atoms with E-state index >= 15 is 0 Å². The van der Waals surface area contributed by atoms with Gasteiger partial charge in [0, 0.05) is 17.8 Å². The fraction of sp³-hybridized carbons (Fsp3) is 0.364. The smallest absolute Gasteiger partial charge is 0.224 e. The fourth-order valence-electron chi connectivity index (χ4n) is 1.20. The van der Waals surface area contributed by atoms with Gasteiger partial charge in [0.25, 0.3) is 0 Å². The Morgan fingerprint density at radius 2 is 2.13 bits per heavy atom. The molecule has 0 saturated carbocycles. The number of amides is 1. The van der Waals surface area contributed by atoms with Gasteiger partial charge in [-0.25, -0.2) is 0 Å². The van der Waals surface area contributed by atoms with Crippen molar-refractivity contribution in [2.75, 3.05) is 11.1 Å². The third kappa shape index (κ3) is 5.27. The molecule has 0 aliphatic carbocycles. The average molecular weight is 229 g/mol. The first-order valence-corrected chi connectivity index (χ1v) is 4.73. The van der Waals surface area contributed by atoms with Gasteiger partial charge in [0.2, 0.25) is 5.91 Å². The van der Waals surface area contributed by atoms with E-state index in [4.69, 9.17) is 5.73 Å². The van der Waals surface area contributed by atoms with Crippen molar-refractivity contribution in [3.63, 3.8) is 0 Å². The van der Waals surface area contributed by atoms with E-state index in [-0.39, 0.29) is 18.3 Å². The lowest BCUT2D eigenvalue weighted by Gasteiger charge is -2.07. The maximum atomic E-state index is 11.4. The summed E-state index contributed by atoms with van der Waals surface area (Å²) in [6, 6.07) is 7.19. The Balaban J connectivity index is 0.00000196. The van der Waals surface area contributed by atoms with Crippen molar-refractivity contribution in [2.24, 2.45) is 5.92 Å². The monoisotopic (exact) mass is 228 g/mol. The number of halogens is 1. The molecule has 3 nitrogen and oxygen atoms in total. The summed E-state index contributed by atoms with van der Waals surface area (Å²) < 4.78 is 0. The predicted octanol–water partition coefficient (Wildman–Crippen LogP) is 2.68. The van der Waals surface area contributed by atoms with Crippen LogP contribution >= 0.6 is 12.4 Å². The number of hydrogen-bond acceptors (Lipinski definition) is 2. The van der Waals surface area contributed by atoms with Crippen LogP contribution in [-0.2, 0) is 4.79 Å². The predicted molar refractivity (Wildman–Crippen MR) is 66.2 cm³/mol. The van der Waals surface area contributed by atoms with E-state index in [0.29, 0.717) is 18.0 Å². The number of carbonyl (C=O) groups is 1. The van der Waals surface area contributed by atoms with Crippen LogP contribution in [0, 0.1) is 5.92 Å². The van der Waals surface area contributed by atoms with Crippen LogP contribution in [0.1, 0.15) is 20.3 Å². The van der Waals surface area contributed by atoms with E-state index in [9.17, 15) is 4.79 Å². The third-order valence-corrected chi connectivity index (χ3v) is 1.76. The van der Waals surface area contributed by atoms with Gasteiger partial charge in [0.1, 0.15) is 0 Å². The highest BCUT2D eigenvalue weighted by Gasteiger charge is 2.04. The molecule has 0 fully saturated rings. The van der Waals surface area contributed by atoms with E-state index in [2.05, 4.69) is 5.32 Å². The first kappa shape index (κ1) is 13.8. The molecule has 0 saturated heterocycles. The van der Waals surface area contributed by atoms with Crippen LogP contribution in [0.4, 0.5) is 11.4 Å². The SMILES string of the molecule is CC(C)CC(=O)Nc1cccc(N)c1.Cl. The number of nitrogens with one attached hydrogen (secondary N) is 1. The maximum Gasteiger partial charge on any atom is 0.224 e. The van der Waals surface area contributed by atoms with Gasteiger partial charge >= 0.3 is 0 Å². The van der Waals surface area contributed by atoms with Crippen LogP contribution < -0.4 is 11.1 Å². The highest BCUT2D eigenvalue weighted by molar-refractivity contribution is 5.91. The molecule has 1 aromatic rings. The normalized spacial score (nSPS) is 9.53. The minimum atomic E-state index is 0. The number of rotatable bonds is 3. The summed E-state index contributed by atoms with van der Waals surface area (Å²) in [6.45, 7) is 4.03. The molecule has 0 aliphatic rings. The Morgan fingerprint density at radius 1 is 1.47 bits per heavy atom. The van der Waals surface area contributed by atoms with Crippen LogP contribution in [-0.4, -0.2) is 5.91 Å². The van der Waals surface area contributed by atoms with Gasteiger partial charge < -0.3 is 11.1 Å². The van der Waals surface area contributed by atoms with Gasteiger partial charge in [-0.1, -0.05) is 19.9 Å². The zero-order chi connectivity index (χ0) is 10.6. The van der Waals surface area contributed by atoms with Crippen molar-refractivity contribution in [1.29, 1.82) is 0 Å². The molecular formula is C11H17ClN2O. The number of nitrogen functional groups attached to an aromatic ring is 1. The maximum absolute atomic E-state index is 11.4. The molecule has 84 valence electrons. The molecule has 0 aliphatic heterocycles. The summed E-state index contributed by atoms with van der Waals surface area (Å²) in [7, 11) is 0. The lowest BCUT2D eigenvalue weighted by molar-refractivity contribution is -0.116. The first-order chi connectivity index (χ1) is 6.58. The minimum absolute atomic E-state index is 0. The van der Waals surface area contributed by atoms with Crippen molar-refractivity contribution in [3.05, 3.63) is 24.3 Å². The third-order valence-electron chi connectivity index (χ3n) is 1.76. The average Bonchev–Trinajstić information content (AvgIpc) is 2.01. The van der Waals surface area contributed by atoms with E-state index < -0.39 is 0 Å². The van der Waals surface area contributed by atoms with E-state index in [0.717, 1.165) is 5.69 Å². The number of nitrogens with two attached hydrogens (primary N) is 1. The van der Waals surface area contributed by atoms with Crippen molar-refractivity contribution in [3.8, 4) is 0 Å². The molecule has 1 amide bonds. The lowest BCUT2D eigenvalue weighted by Crippen LogP contribution is -2.13. The molecule has 0 spiro atoms. The van der Waals surface area contributed by atoms with Crippen LogP contribution in [0.15, 0.2) is 24.3 Å². The van der Waals surface area contributed by atoms with Crippen molar-refractivity contribution in [1.82, 2.24) is 0 Å². The Labute approximate surface area is 96.5 Å². The molecule has 0 heterocycles. The van der Waals surface area contributed by atoms with Crippen molar-refractivity contribution in [2.45, 2.75) is 20.3 Å². The molecule has 0 unspecified atom stereocenters. The molecule has 0 radical (unpaired) electrons. The quantitative estimate of drug-likeness (QED) is 0.782. The highest BCUT2D eigenvalue weighted by atomic mass is 35.5. The molecule has 3 N–H and O–H groups in total. The second kappa shape index (κ2) is 6.30. The molecule has 0 bridgehead atoms. The van der Waals surface area contributed by atoms with Gasteiger partial charge in [-0.15, -0.1) is 12.4 Å². The topological polar surface area (TPSA) is 55.1 Å². The van der Waals surface area contributed by atoms with Gasteiger partial charge in [0.15, 0.2) is 0 Å². The fourth-order valence-corrected chi connectivity index (χ4v) is 1.20. The number of carbonyl (C=O) groups excluding carboxylic acids is 1. The number of hydrogen-bond donors (Lipinski definition) is 2. The van der Waals surface area contributed by atoms with Crippen LogP contribution in [0.5, 0.6) is 0 Å². The summed E-state index contributed by atoms with van der Waals surface area (Å²) in [5.74, 6) is 0.404. The standard InChI is InChI=1S/C11H16N2O.ClH/c1-8(2)6-11(14)13-10-5-3-4-9(12)7-10;/h3-5,7-8H,6,12H2,1-2H3,(H,13,14);1H. The summed E-state index contributed by atoms with van der Waals surface area (Å²) in [5, 5.41) is 2.80. The number of anilines is 2. The molecule has 1 aromatic carbocycles. The van der Waals surface area contributed by atoms with E-state index in [1.54, 1.807) is 12.1 Å². The largest absolute Gasteiger partial charge is 0.399 e. The minimum Gasteiger partial charge on any atom is -0.399 e. The van der Waals surface area contributed by atoms with Crippen molar-refractivity contribution >= 4 is 29.7 Å². The zero-order valence-corrected chi connectivity index (χ0v) is 9.80. The Hall–Kier alpha value is -1.22. The van der Waals surface area contributed by atoms with Crippen LogP contribution in [0.25, 0.3) is 0 Å². The summed E-state index contributed by atoms with van der Waals surface area (Å²) >= 11 is 0. The summed E-state index contributed by atoms with van der Waals surface area (Å²) in [4.78, 5) is 11.4. The molecule has 15 heavy (non-hydrogen) atoms. The highest BCUT2D eigenvalue weighted by Crippen LogP contribution is 2.12. The van der Waals surface area contributed by atoms with Gasteiger partial charge in [-0.3, -0.25) is 4.79 Å². The Bertz CT molecular complexity index is 326. The first-order valence-electron chi connectivity index (χ1n) is 4.73. The van der Waals surface area contributed by atoms with E-state index in [1.165, 1.54) is 0 Å². The molecule has 0 aromatic heterocycles. The van der Waals surface area contributed by atoms with Crippen LogP contribution in [0.2, 0.25) is 0 Å². The van der Waals surface area contributed by atoms with Gasteiger partial charge in [-0.2, -0.15) is 0 Å². The van der Waals surface area contributed by atoms with Crippen molar-refractivity contribution < 1.29 is 4.79 Å². The van der Waals surface area contributed by atoms with Gasteiger partial charge in [0.05, 0.1) is 0 Å². The molecule has 1 rings (SSSR count).